The zero-order chi connectivity index (χ0) is 13.0. The lowest BCUT2D eigenvalue weighted by atomic mass is 9.95. The van der Waals surface area contributed by atoms with E-state index in [0.29, 0.717) is 5.92 Å². The van der Waals surface area contributed by atoms with Crippen molar-refractivity contribution in [3.63, 3.8) is 0 Å². The van der Waals surface area contributed by atoms with Gasteiger partial charge in [-0.3, -0.25) is 4.79 Å². The Hall–Kier alpha value is -1.35. The van der Waals surface area contributed by atoms with E-state index >= 15 is 0 Å². The monoisotopic (exact) mass is 246 g/mol. The van der Waals surface area contributed by atoms with Crippen LogP contribution >= 0.6 is 0 Å². The first-order chi connectivity index (χ1) is 8.66. The summed E-state index contributed by atoms with van der Waals surface area (Å²) in [5.74, 6) is 0.395. The third kappa shape index (κ3) is 3.33. The van der Waals surface area contributed by atoms with E-state index in [9.17, 15) is 4.79 Å². The Labute approximate surface area is 109 Å². The van der Waals surface area contributed by atoms with Crippen molar-refractivity contribution in [1.29, 1.82) is 0 Å². The molecular weight excluding hydrogens is 224 g/mol. The highest BCUT2D eigenvalue weighted by atomic mass is 16.1. The molecule has 1 aliphatic rings. The minimum Gasteiger partial charge on any atom is -0.369 e. The number of nitrogens with two attached hydrogens (primary N) is 1. The van der Waals surface area contributed by atoms with Crippen molar-refractivity contribution >= 4 is 5.91 Å². The van der Waals surface area contributed by atoms with Gasteiger partial charge in [0.25, 0.3) is 0 Å². The molecule has 18 heavy (non-hydrogen) atoms. The molecule has 0 radical (unpaired) electrons. The smallest absolute Gasteiger partial charge is 0.221 e. The first-order valence-electron chi connectivity index (χ1n) is 6.73. The second kappa shape index (κ2) is 6.01. The number of benzene rings is 1. The van der Waals surface area contributed by atoms with Gasteiger partial charge < -0.3 is 10.6 Å². The normalized spacial score (nSPS) is 22.6. The van der Waals surface area contributed by atoms with Crippen LogP contribution in [-0.4, -0.2) is 30.4 Å². The predicted molar refractivity (Wildman–Crippen MR) is 73.2 cm³/mol. The summed E-state index contributed by atoms with van der Waals surface area (Å²) in [4.78, 5) is 13.6. The molecule has 1 aromatic rings. The highest BCUT2D eigenvalue weighted by Gasteiger charge is 2.24. The second-order valence-corrected chi connectivity index (χ2v) is 5.31. The third-order valence-electron chi connectivity index (χ3n) is 3.81. The fourth-order valence-corrected chi connectivity index (χ4v) is 2.73. The Morgan fingerprint density at radius 3 is 2.83 bits per heavy atom. The van der Waals surface area contributed by atoms with Crippen LogP contribution in [0.1, 0.15) is 31.2 Å². The summed E-state index contributed by atoms with van der Waals surface area (Å²) >= 11 is 0. The predicted octanol–water partition coefficient (Wildman–Crippen LogP) is 1.99. The molecule has 0 aliphatic carbocycles. The first-order valence-corrected chi connectivity index (χ1v) is 6.73. The van der Waals surface area contributed by atoms with Crippen LogP contribution in [0.3, 0.4) is 0 Å². The van der Waals surface area contributed by atoms with Crippen LogP contribution < -0.4 is 5.73 Å². The molecule has 1 aromatic carbocycles. The molecule has 1 amide bonds. The topological polar surface area (TPSA) is 46.3 Å². The molecule has 3 nitrogen and oxygen atoms in total. The lowest BCUT2D eigenvalue weighted by Gasteiger charge is -2.33. The number of hydrogen-bond acceptors (Lipinski definition) is 2. The lowest BCUT2D eigenvalue weighted by Crippen LogP contribution is -2.42. The molecule has 0 saturated carbocycles. The zero-order valence-corrected chi connectivity index (χ0v) is 11.0. The Morgan fingerprint density at radius 2 is 2.17 bits per heavy atom. The third-order valence-corrected chi connectivity index (χ3v) is 3.81. The number of carbonyl (C=O) groups is 1. The molecule has 1 saturated heterocycles. The average Bonchev–Trinajstić information content (AvgIpc) is 2.40. The molecule has 1 fully saturated rings. The molecule has 0 spiro atoms. The van der Waals surface area contributed by atoms with Gasteiger partial charge >= 0.3 is 0 Å². The Balaban J connectivity index is 1.91. The SMILES string of the molecule is C[C@@H](CN1CCC[C@@H](C(N)=O)C1)c1ccccc1. The number of amides is 1. The van der Waals surface area contributed by atoms with Crippen LogP contribution in [0.2, 0.25) is 0 Å². The maximum atomic E-state index is 11.3. The number of carbonyl (C=O) groups excluding carboxylic acids is 1. The second-order valence-electron chi connectivity index (χ2n) is 5.31. The van der Waals surface area contributed by atoms with E-state index in [-0.39, 0.29) is 11.8 Å². The van der Waals surface area contributed by atoms with Gasteiger partial charge in [-0.25, -0.2) is 0 Å². The molecule has 98 valence electrons. The van der Waals surface area contributed by atoms with Crippen molar-refractivity contribution in [1.82, 2.24) is 4.90 Å². The van der Waals surface area contributed by atoms with E-state index < -0.39 is 0 Å². The molecule has 2 rings (SSSR count). The number of piperidine rings is 1. The van der Waals surface area contributed by atoms with Crippen molar-refractivity contribution in [2.24, 2.45) is 11.7 Å². The van der Waals surface area contributed by atoms with Crippen LogP contribution in [0.4, 0.5) is 0 Å². The van der Waals surface area contributed by atoms with Crippen molar-refractivity contribution in [3.05, 3.63) is 35.9 Å². The highest BCUT2D eigenvalue weighted by Crippen LogP contribution is 2.21. The standard InChI is InChI=1S/C15H22N2O/c1-12(13-6-3-2-4-7-13)10-17-9-5-8-14(11-17)15(16)18/h2-4,6-7,12,14H,5,8-11H2,1H3,(H2,16,18)/t12-,14+/m0/s1. The highest BCUT2D eigenvalue weighted by molar-refractivity contribution is 5.76. The fraction of sp³-hybridized carbons (Fsp3) is 0.533. The molecule has 3 heteroatoms. The van der Waals surface area contributed by atoms with Crippen LogP contribution in [0.5, 0.6) is 0 Å². The molecule has 1 heterocycles. The maximum absolute atomic E-state index is 11.3. The summed E-state index contributed by atoms with van der Waals surface area (Å²) in [5.41, 5.74) is 6.77. The molecule has 0 bridgehead atoms. The number of rotatable bonds is 4. The van der Waals surface area contributed by atoms with Crippen molar-refractivity contribution in [3.8, 4) is 0 Å². The Bertz CT molecular complexity index is 391. The van der Waals surface area contributed by atoms with Gasteiger partial charge in [-0.2, -0.15) is 0 Å². The van der Waals surface area contributed by atoms with E-state index in [4.69, 9.17) is 5.73 Å². The van der Waals surface area contributed by atoms with Crippen LogP contribution in [-0.2, 0) is 4.79 Å². The van der Waals surface area contributed by atoms with Crippen molar-refractivity contribution < 1.29 is 4.79 Å². The average molecular weight is 246 g/mol. The van der Waals surface area contributed by atoms with E-state index in [2.05, 4.69) is 36.1 Å². The van der Waals surface area contributed by atoms with Gasteiger partial charge in [0.05, 0.1) is 5.92 Å². The largest absolute Gasteiger partial charge is 0.369 e. The molecule has 0 unspecified atom stereocenters. The quantitative estimate of drug-likeness (QED) is 0.883. The van der Waals surface area contributed by atoms with Gasteiger partial charge in [-0.1, -0.05) is 37.3 Å². The summed E-state index contributed by atoms with van der Waals surface area (Å²) in [7, 11) is 0. The fourth-order valence-electron chi connectivity index (χ4n) is 2.73. The summed E-state index contributed by atoms with van der Waals surface area (Å²) in [5, 5.41) is 0. The summed E-state index contributed by atoms with van der Waals surface area (Å²) in [6.07, 6.45) is 2.03. The number of hydrogen-bond donors (Lipinski definition) is 1. The van der Waals surface area contributed by atoms with E-state index in [1.807, 2.05) is 6.07 Å². The number of likely N-dealkylation sites (tertiary alicyclic amines) is 1. The maximum Gasteiger partial charge on any atom is 0.221 e. The van der Waals surface area contributed by atoms with Gasteiger partial charge in [0.15, 0.2) is 0 Å². The van der Waals surface area contributed by atoms with Gasteiger partial charge in [0, 0.05) is 13.1 Å². The molecule has 0 aromatic heterocycles. The van der Waals surface area contributed by atoms with Gasteiger partial charge in [-0.05, 0) is 30.9 Å². The van der Waals surface area contributed by atoms with E-state index in [0.717, 1.165) is 32.5 Å². The first kappa shape index (κ1) is 13.1. The number of primary amides is 1. The summed E-state index contributed by atoms with van der Waals surface area (Å²) in [6.45, 7) is 5.16. The summed E-state index contributed by atoms with van der Waals surface area (Å²) < 4.78 is 0. The number of nitrogens with zero attached hydrogens (tertiary/aromatic N) is 1. The minimum absolute atomic E-state index is 0.0433. The van der Waals surface area contributed by atoms with Crippen molar-refractivity contribution in [2.75, 3.05) is 19.6 Å². The molecule has 2 atom stereocenters. The van der Waals surface area contributed by atoms with Gasteiger partial charge in [0.1, 0.15) is 0 Å². The lowest BCUT2D eigenvalue weighted by molar-refractivity contribution is -0.123. The minimum atomic E-state index is -0.146. The zero-order valence-electron chi connectivity index (χ0n) is 11.0. The Kier molecular flexibility index (Phi) is 4.37. The van der Waals surface area contributed by atoms with E-state index in [1.165, 1.54) is 5.56 Å². The van der Waals surface area contributed by atoms with Crippen LogP contribution in [0, 0.1) is 5.92 Å². The molecule has 2 N–H and O–H groups in total. The van der Waals surface area contributed by atoms with Crippen LogP contribution in [0.25, 0.3) is 0 Å². The van der Waals surface area contributed by atoms with Gasteiger partial charge in [-0.15, -0.1) is 0 Å². The molecular formula is C15H22N2O. The van der Waals surface area contributed by atoms with E-state index in [1.54, 1.807) is 0 Å². The van der Waals surface area contributed by atoms with Crippen molar-refractivity contribution in [2.45, 2.75) is 25.7 Å². The van der Waals surface area contributed by atoms with Crippen LogP contribution in [0.15, 0.2) is 30.3 Å². The Morgan fingerprint density at radius 1 is 1.44 bits per heavy atom. The summed E-state index contributed by atoms with van der Waals surface area (Å²) in [6, 6.07) is 10.5. The molecule has 1 aliphatic heterocycles. The van der Waals surface area contributed by atoms with Gasteiger partial charge in [0.2, 0.25) is 5.91 Å².